The van der Waals surface area contributed by atoms with Crippen LogP contribution in [0, 0.1) is 6.92 Å². The zero-order valence-corrected chi connectivity index (χ0v) is 7.89. The van der Waals surface area contributed by atoms with Gasteiger partial charge in [-0.2, -0.15) is 0 Å². The van der Waals surface area contributed by atoms with E-state index >= 15 is 0 Å². The molecule has 4 nitrogen and oxygen atoms in total. The van der Waals surface area contributed by atoms with E-state index in [0.717, 1.165) is 0 Å². The second kappa shape index (κ2) is 3.75. The normalized spacial score (nSPS) is 8.50. The molecule has 0 amide bonds. The van der Waals surface area contributed by atoms with Crippen LogP contribution in [-0.4, -0.2) is 9.97 Å². The van der Waals surface area contributed by atoms with Gasteiger partial charge in [0.2, 0.25) is 0 Å². The summed E-state index contributed by atoms with van der Waals surface area (Å²) >= 11 is 0. The van der Waals surface area contributed by atoms with Crippen LogP contribution in [0.15, 0.2) is 15.7 Å². The third-order valence-corrected chi connectivity index (χ3v) is 0.895. The van der Waals surface area contributed by atoms with E-state index in [2.05, 4.69) is 4.98 Å². The summed E-state index contributed by atoms with van der Waals surface area (Å²) in [4.78, 5) is 25.3. The summed E-state index contributed by atoms with van der Waals surface area (Å²) in [6.45, 7) is 1.65. The van der Waals surface area contributed by atoms with Crippen LogP contribution < -0.4 is 40.8 Å². The average molecular weight is 150 g/mol. The fourth-order valence-electron chi connectivity index (χ4n) is 0.591. The number of aromatic amines is 2. The molecule has 1 rings (SSSR count). The standard InChI is InChI=1S/C5H6N2O2.Na.H/c1-3-2-4(8)7-5(9)6-3;;/h2H,1H3,(H2,6,7,8,9);;/q;+1;-1. The summed E-state index contributed by atoms with van der Waals surface area (Å²) in [6.07, 6.45) is 0. The van der Waals surface area contributed by atoms with Crippen LogP contribution >= 0.6 is 0 Å². The molecule has 0 aliphatic heterocycles. The molecule has 0 aliphatic rings. The second-order valence-corrected chi connectivity index (χ2v) is 1.77. The molecule has 0 aliphatic carbocycles. The van der Waals surface area contributed by atoms with E-state index in [-0.39, 0.29) is 36.5 Å². The Hall–Kier alpha value is -0.320. The molecule has 0 unspecified atom stereocenters. The van der Waals surface area contributed by atoms with Crippen molar-refractivity contribution in [2.24, 2.45) is 0 Å². The van der Waals surface area contributed by atoms with Gasteiger partial charge in [0.25, 0.3) is 5.56 Å². The smallest absolute Gasteiger partial charge is 1.00 e. The monoisotopic (exact) mass is 150 g/mol. The zero-order valence-electron chi connectivity index (χ0n) is 6.89. The van der Waals surface area contributed by atoms with Gasteiger partial charge in [0, 0.05) is 11.8 Å². The van der Waals surface area contributed by atoms with Gasteiger partial charge in [-0.3, -0.25) is 9.78 Å². The number of hydrogen-bond acceptors (Lipinski definition) is 2. The first-order valence-corrected chi connectivity index (χ1v) is 2.49. The number of aryl methyl sites for hydroxylation is 1. The van der Waals surface area contributed by atoms with Crippen molar-refractivity contribution in [2.45, 2.75) is 6.92 Å². The Morgan fingerprint density at radius 1 is 1.40 bits per heavy atom. The molecule has 1 aromatic rings. The third-order valence-electron chi connectivity index (χ3n) is 0.895. The maximum Gasteiger partial charge on any atom is 1.00 e. The van der Waals surface area contributed by atoms with Gasteiger partial charge < -0.3 is 6.41 Å². The molecule has 1 aromatic heterocycles. The minimum atomic E-state index is -0.458. The molecular formula is C5H7N2NaO2. The number of rotatable bonds is 0. The van der Waals surface area contributed by atoms with Crippen molar-refractivity contribution in [3.8, 4) is 0 Å². The first-order chi connectivity index (χ1) is 4.18. The Labute approximate surface area is 80.5 Å². The van der Waals surface area contributed by atoms with Crippen LogP contribution in [-0.2, 0) is 0 Å². The van der Waals surface area contributed by atoms with E-state index in [0.29, 0.717) is 5.69 Å². The van der Waals surface area contributed by atoms with Crippen molar-refractivity contribution < 1.29 is 31.0 Å². The molecule has 5 heteroatoms. The number of nitrogens with one attached hydrogen (secondary N) is 2. The van der Waals surface area contributed by atoms with Gasteiger partial charge in [0.05, 0.1) is 0 Å². The van der Waals surface area contributed by atoms with Gasteiger partial charge in [0.1, 0.15) is 0 Å². The van der Waals surface area contributed by atoms with Crippen molar-refractivity contribution in [3.63, 3.8) is 0 Å². The van der Waals surface area contributed by atoms with Gasteiger partial charge in [-0.1, -0.05) is 0 Å². The molecule has 0 fully saturated rings. The Kier molecular flexibility index (Phi) is 3.63. The molecular weight excluding hydrogens is 143 g/mol. The fraction of sp³-hybridized carbons (Fsp3) is 0.200. The summed E-state index contributed by atoms with van der Waals surface area (Å²) in [5.41, 5.74) is -0.250. The molecule has 0 atom stereocenters. The van der Waals surface area contributed by atoms with E-state index in [4.69, 9.17) is 0 Å². The van der Waals surface area contributed by atoms with Crippen LogP contribution in [0.1, 0.15) is 7.12 Å². The molecule has 0 saturated carbocycles. The minimum absolute atomic E-state index is 0. The van der Waals surface area contributed by atoms with Crippen LogP contribution in [0.5, 0.6) is 0 Å². The summed E-state index contributed by atoms with van der Waals surface area (Å²) in [5, 5.41) is 0. The van der Waals surface area contributed by atoms with E-state index in [1.54, 1.807) is 6.92 Å². The van der Waals surface area contributed by atoms with Crippen LogP contribution in [0.25, 0.3) is 0 Å². The van der Waals surface area contributed by atoms with Gasteiger partial charge in [0.15, 0.2) is 0 Å². The first kappa shape index (κ1) is 9.68. The van der Waals surface area contributed by atoms with Gasteiger partial charge >= 0.3 is 35.2 Å². The molecule has 10 heavy (non-hydrogen) atoms. The third kappa shape index (κ3) is 2.51. The van der Waals surface area contributed by atoms with E-state index in [1.807, 2.05) is 4.98 Å². The zero-order chi connectivity index (χ0) is 6.85. The van der Waals surface area contributed by atoms with Crippen molar-refractivity contribution in [1.29, 1.82) is 0 Å². The topological polar surface area (TPSA) is 65.7 Å². The Morgan fingerprint density at radius 2 is 2.00 bits per heavy atom. The molecule has 0 aromatic carbocycles. The van der Waals surface area contributed by atoms with Crippen molar-refractivity contribution in [3.05, 3.63) is 32.6 Å². The molecule has 0 bridgehead atoms. The minimum Gasteiger partial charge on any atom is -1.00 e. The summed E-state index contributed by atoms with van der Waals surface area (Å²) in [6, 6.07) is 1.32. The quantitative estimate of drug-likeness (QED) is 0.377. The predicted octanol–water partition coefficient (Wildman–Crippen LogP) is -3.51. The van der Waals surface area contributed by atoms with E-state index in [9.17, 15) is 9.59 Å². The predicted molar refractivity (Wildman–Crippen MR) is 33.5 cm³/mol. The number of H-pyrrole nitrogens is 2. The van der Waals surface area contributed by atoms with Crippen LogP contribution in [0.4, 0.5) is 0 Å². The van der Waals surface area contributed by atoms with Gasteiger partial charge in [-0.25, -0.2) is 4.79 Å². The van der Waals surface area contributed by atoms with Crippen molar-refractivity contribution in [1.82, 2.24) is 9.97 Å². The molecule has 1 heterocycles. The molecule has 50 valence electrons. The Morgan fingerprint density at radius 3 is 2.40 bits per heavy atom. The number of hydrogen-bond donors (Lipinski definition) is 2. The Bertz CT molecular complexity index is 290. The fourth-order valence-corrected chi connectivity index (χ4v) is 0.591. The first-order valence-electron chi connectivity index (χ1n) is 2.49. The molecule has 0 spiro atoms. The van der Waals surface area contributed by atoms with Crippen LogP contribution in [0.3, 0.4) is 0 Å². The maximum absolute atomic E-state index is 10.4. The SMILES string of the molecule is Cc1cc(=O)[nH]c(=O)[nH]1.[H-].[Na+]. The average Bonchev–Trinajstić information content (AvgIpc) is 1.59. The van der Waals surface area contributed by atoms with Crippen molar-refractivity contribution >= 4 is 0 Å². The Balaban J connectivity index is 0. The summed E-state index contributed by atoms with van der Waals surface area (Å²) in [5.74, 6) is 0. The molecule has 0 radical (unpaired) electrons. The maximum atomic E-state index is 10.4. The van der Waals surface area contributed by atoms with Gasteiger partial charge in [-0.15, -0.1) is 0 Å². The van der Waals surface area contributed by atoms with Gasteiger partial charge in [-0.05, 0) is 6.92 Å². The summed E-state index contributed by atoms with van der Waals surface area (Å²) in [7, 11) is 0. The largest absolute Gasteiger partial charge is 1.00 e. The van der Waals surface area contributed by atoms with Crippen molar-refractivity contribution in [2.75, 3.05) is 0 Å². The molecule has 2 N–H and O–H groups in total. The van der Waals surface area contributed by atoms with E-state index < -0.39 is 5.69 Å². The van der Waals surface area contributed by atoms with E-state index in [1.165, 1.54) is 6.07 Å². The summed E-state index contributed by atoms with van der Waals surface area (Å²) < 4.78 is 0. The second-order valence-electron chi connectivity index (χ2n) is 1.77. The number of aromatic nitrogens is 2. The van der Waals surface area contributed by atoms with Crippen LogP contribution in [0.2, 0.25) is 0 Å². The molecule has 0 saturated heterocycles.